The quantitative estimate of drug-likeness (QED) is 0.516. The number of hydrogen-bond donors (Lipinski definition) is 1. The summed E-state index contributed by atoms with van der Waals surface area (Å²) in [4.78, 5) is 18.1. The van der Waals surface area contributed by atoms with Crippen molar-refractivity contribution >= 4 is 34.9 Å². The lowest BCUT2D eigenvalue weighted by Gasteiger charge is -2.38. The second kappa shape index (κ2) is 7.64. The predicted molar refractivity (Wildman–Crippen MR) is 125 cm³/mol. The van der Waals surface area contributed by atoms with Gasteiger partial charge in [0.2, 0.25) is 5.95 Å². The number of halogens is 2. The van der Waals surface area contributed by atoms with Crippen molar-refractivity contribution in [3.05, 3.63) is 69.3 Å². The predicted octanol–water partition coefficient (Wildman–Crippen LogP) is 5.92. The molecule has 1 aliphatic heterocycles. The zero-order chi connectivity index (χ0) is 22.6. The van der Waals surface area contributed by atoms with Crippen molar-refractivity contribution in [2.24, 2.45) is 5.41 Å². The summed E-state index contributed by atoms with van der Waals surface area (Å²) in [5, 5.41) is 9.16. The van der Waals surface area contributed by atoms with Crippen molar-refractivity contribution in [1.29, 1.82) is 0 Å². The Kier molecular flexibility index (Phi) is 5.02. The number of nitrogens with one attached hydrogen (secondary N) is 1. The number of hydrogen-bond acceptors (Lipinski definition) is 5. The van der Waals surface area contributed by atoms with Gasteiger partial charge < -0.3 is 10.1 Å². The van der Waals surface area contributed by atoms with Gasteiger partial charge in [-0.05, 0) is 36.1 Å². The topological polar surface area (TPSA) is 69.0 Å². The molecule has 3 aromatic rings. The van der Waals surface area contributed by atoms with Gasteiger partial charge in [0.05, 0.1) is 12.1 Å². The van der Waals surface area contributed by atoms with Gasteiger partial charge in [0.25, 0.3) is 0 Å². The number of ketones is 1. The van der Waals surface area contributed by atoms with Crippen molar-refractivity contribution in [2.75, 3.05) is 12.4 Å². The molecule has 0 bridgehead atoms. The fourth-order valence-electron chi connectivity index (χ4n) is 4.57. The summed E-state index contributed by atoms with van der Waals surface area (Å²) in [5.74, 6) is 1.81. The van der Waals surface area contributed by atoms with Crippen LogP contribution in [0.4, 0.5) is 5.95 Å². The highest BCUT2D eigenvalue weighted by Crippen LogP contribution is 2.47. The molecule has 0 saturated heterocycles. The molecular weight excluding hydrogens is 447 g/mol. The molecule has 0 fully saturated rings. The second-order valence-corrected chi connectivity index (χ2v) is 9.77. The Bertz CT molecular complexity index is 1280. The third-order valence-electron chi connectivity index (χ3n) is 5.94. The van der Waals surface area contributed by atoms with Crippen molar-refractivity contribution in [3.63, 3.8) is 0 Å². The molecule has 2 aliphatic rings. The molecule has 1 atom stereocenters. The van der Waals surface area contributed by atoms with E-state index >= 15 is 0 Å². The first-order valence-electron chi connectivity index (χ1n) is 10.4. The lowest BCUT2D eigenvalue weighted by Crippen LogP contribution is -2.36. The Morgan fingerprint density at radius 2 is 1.94 bits per heavy atom. The van der Waals surface area contributed by atoms with Crippen LogP contribution in [0.5, 0.6) is 5.75 Å². The van der Waals surface area contributed by atoms with Crippen molar-refractivity contribution in [3.8, 4) is 17.1 Å². The van der Waals surface area contributed by atoms with Crippen LogP contribution in [0.2, 0.25) is 10.0 Å². The molecule has 8 heteroatoms. The minimum Gasteiger partial charge on any atom is -0.496 e. The van der Waals surface area contributed by atoms with Crippen LogP contribution in [-0.2, 0) is 4.79 Å². The zero-order valence-electron chi connectivity index (χ0n) is 17.9. The number of ether oxygens (including phenoxy) is 1. The summed E-state index contributed by atoms with van der Waals surface area (Å²) >= 11 is 12.5. The third-order valence-corrected chi connectivity index (χ3v) is 6.49. The van der Waals surface area contributed by atoms with E-state index in [4.69, 9.17) is 38.0 Å². The Morgan fingerprint density at radius 3 is 2.69 bits per heavy atom. The van der Waals surface area contributed by atoms with E-state index in [1.54, 1.807) is 30.0 Å². The molecule has 0 spiro atoms. The normalized spacial score (nSPS) is 19.3. The van der Waals surface area contributed by atoms with E-state index in [1.165, 1.54) is 0 Å². The first-order chi connectivity index (χ1) is 15.3. The van der Waals surface area contributed by atoms with Gasteiger partial charge in [-0.15, -0.1) is 5.10 Å². The zero-order valence-corrected chi connectivity index (χ0v) is 19.5. The first kappa shape index (κ1) is 21.0. The number of para-hydroxylation sites is 1. The number of rotatable bonds is 3. The number of anilines is 1. The average Bonchev–Trinajstić information content (AvgIpc) is 3.14. The Labute approximate surface area is 196 Å². The van der Waals surface area contributed by atoms with Gasteiger partial charge >= 0.3 is 0 Å². The van der Waals surface area contributed by atoms with Crippen molar-refractivity contribution in [2.45, 2.75) is 32.7 Å². The van der Waals surface area contributed by atoms with Crippen LogP contribution < -0.4 is 10.1 Å². The van der Waals surface area contributed by atoms with Crippen LogP contribution in [0.1, 0.15) is 38.3 Å². The fourth-order valence-corrected chi connectivity index (χ4v) is 5.07. The maximum atomic E-state index is 13.4. The molecular formula is C24H22Cl2N4O2. The number of aromatic nitrogens is 3. The number of methoxy groups -OCH3 is 1. The van der Waals surface area contributed by atoms with Gasteiger partial charge in [0, 0.05) is 33.8 Å². The first-order valence-corrected chi connectivity index (χ1v) is 11.1. The minimum absolute atomic E-state index is 0.104. The Hall–Kier alpha value is -2.83. The number of fused-ring (bicyclic) bond motifs is 1. The highest BCUT2D eigenvalue weighted by Gasteiger charge is 2.42. The summed E-state index contributed by atoms with van der Waals surface area (Å²) in [6.07, 6.45) is 1.21. The number of Topliss-reactive ketones (excluding diaryl/α,β-unsaturated/α-hetero) is 1. The molecule has 1 N–H and O–H groups in total. The fraction of sp³-hybridized carbons (Fsp3) is 0.292. The summed E-state index contributed by atoms with van der Waals surface area (Å²) in [7, 11) is 1.63. The molecule has 32 heavy (non-hydrogen) atoms. The third kappa shape index (κ3) is 3.48. The molecule has 1 aliphatic carbocycles. The molecule has 164 valence electrons. The van der Waals surface area contributed by atoms with Crippen LogP contribution in [0, 0.1) is 5.41 Å². The molecule has 2 aromatic carbocycles. The largest absolute Gasteiger partial charge is 0.496 e. The Balaban J connectivity index is 1.72. The molecule has 6 nitrogen and oxygen atoms in total. The van der Waals surface area contributed by atoms with Gasteiger partial charge in [-0.25, -0.2) is 4.68 Å². The van der Waals surface area contributed by atoms with Gasteiger partial charge in [0.15, 0.2) is 11.6 Å². The van der Waals surface area contributed by atoms with Gasteiger partial charge in [-0.3, -0.25) is 4.79 Å². The van der Waals surface area contributed by atoms with Crippen LogP contribution >= 0.6 is 23.2 Å². The van der Waals surface area contributed by atoms with Crippen LogP contribution in [-0.4, -0.2) is 27.7 Å². The summed E-state index contributed by atoms with van der Waals surface area (Å²) in [6, 6.07) is 12.5. The van der Waals surface area contributed by atoms with E-state index < -0.39 is 6.04 Å². The van der Waals surface area contributed by atoms with Crippen molar-refractivity contribution in [1.82, 2.24) is 14.8 Å². The Morgan fingerprint density at radius 1 is 1.16 bits per heavy atom. The highest BCUT2D eigenvalue weighted by atomic mass is 35.5. The highest BCUT2D eigenvalue weighted by molar-refractivity contribution is 6.36. The molecule has 0 amide bonds. The maximum Gasteiger partial charge on any atom is 0.226 e. The van der Waals surface area contributed by atoms with E-state index in [-0.39, 0.29) is 11.2 Å². The number of carbonyl (C=O) groups is 1. The van der Waals surface area contributed by atoms with Gasteiger partial charge in [-0.1, -0.05) is 55.2 Å². The van der Waals surface area contributed by atoms with E-state index in [0.717, 1.165) is 17.7 Å². The van der Waals surface area contributed by atoms with E-state index in [1.807, 2.05) is 24.3 Å². The van der Waals surface area contributed by atoms with E-state index in [2.05, 4.69) is 19.2 Å². The number of allylic oxidation sites excluding steroid dienone is 2. The SMILES string of the molecule is COc1ccccc1C1C2=C(CC(C)(C)CC2=O)Nc2nc(-c3ccc(Cl)cc3Cl)nn21. The van der Waals surface area contributed by atoms with Gasteiger partial charge in [0.1, 0.15) is 11.8 Å². The number of carbonyl (C=O) groups excluding carboxylic acids is 1. The van der Waals surface area contributed by atoms with Crippen LogP contribution in [0.25, 0.3) is 11.4 Å². The lowest BCUT2D eigenvalue weighted by atomic mass is 9.73. The molecule has 1 unspecified atom stereocenters. The molecule has 1 aromatic heterocycles. The van der Waals surface area contributed by atoms with Gasteiger partial charge in [-0.2, -0.15) is 4.98 Å². The van der Waals surface area contributed by atoms with Crippen LogP contribution in [0.15, 0.2) is 53.7 Å². The molecule has 0 radical (unpaired) electrons. The second-order valence-electron chi connectivity index (χ2n) is 8.93. The molecule has 5 rings (SSSR count). The summed E-state index contributed by atoms with van der Waals surface area (Å²) in [6.45, 7) is 4.21. The van der Waals surface area contributed by atoms with E-state index in [0.29, 0.717) is 45.1 Å². The number of benzene rings is 2. The molecule has 2 heterocycles. The maximum absolute atomic E-state index is 13.4. The summed E-state index contributed by atoms with van der Waals surface area (Å²) < 4.78 is 7.40. The smallest absolute Gasteiger partial charge is 0.226 e. The average molecular weight is 469 g/mol. The monoisotopic (exact) mass is 468 g/mol. The van der Waals surface area contributed by atoms with E-state index in [9.17, 15) is 4.79 Å². The minimum atomic E-state index is -0.451. The lowest BCUT2D eigenvalue weighted by molar-refractivity contribution is -0.118. The van der Waals surface area contributed by atoms with Crippen molar-refractivity contribution < 1.29 is 9.53 Å². The standard InChI is InChI=1S/C24H22Cl2N4O2/c1-24(2)11-17-20(18(31)12-24)21(15-6-4-5-7-19(15)32-3)30-23(27-17)28-22(29-30)14-9-8-13(25)10-16(14)26/h4-10,21H,11-12H2,1-3H3,(H,27,28,29). The molecule has 0 saturated carbocycles. The summed E-state index contributed by atoms with van der Waals surface area (Å²) in [5.41, 5.74) is 2.98. The number of nitrogens with zero attached hydrogens (tertiary/aromatic N) is 3. The van der Waals surface area contributed by atoms with Crippen LogP contribution in [0.3, 0.4) is 0 Å².